The van der Waals surface area contributed by atoms with Crippen LogP contribution in [0.4, 0.5) is 11.5 Å². The maximum absolute atomic E-state index is 5.89. The third-order valence-corrected chi connectivity index (χ3v) is 5.86. The molecule has 1 heterocycles. The fourth-order valence-corrected chi connectivity index (χ4v) is 3.90. The molecule has 5 nitrogen and oxygen atoms in total. The second kappa shape index (κ2) is 11.2. The predicted molar refractivity (Wildman–Crippen MR) is 149 cm³/mol. The number of nitrogens with one attached hydrogen (secondary N) is 1. The van der Waals surface area contributed by atoms with Crippen LogP contribution in [0.3, 0.4) is 0 Å². The van der Waals surface area contributed by atoms with Crippen molar-refractivity contribution in [2.24, 2.45) is 0 Å². The number of fused-ring (bicyclic) bond motifs is 1. The van der Waals surface area contributed by atoms with Crippen molar-refractivity contribution < 1.29 is 4.74 Å². The van der Waals surface area contributed by atoms with Gasteiger partial charge >= 0.3 is 0 Å². The Morgan fingerprint density at radius 2 is 1.47 bits per heavy atom. The van der Waals surface area contributed by atoms with Crippen molar-refractivity contribution in [1.29, 1.82) is 0 Å². The van der Waals surface area contributed by atoms with Crippen LogP contribution in [0.2, 0.25) is 0 Å². The van der Waals surface area contributed by atoms with Crippen LogP contribution in [-0.4, -0.2) is 16.5 Å². The van der Waals surface area contributed by atoms with Gasteiger partial charge in [-0.05, 0) is 65.6 Å². The molecule has 36 heavy (non-hydrogen) atoms. The maximum atomic E-state index is 5.89. The molecule has 0 aliphatic heterocycles. The number of ether oxygens (including phenoxy) is 1. The summed E-state index contributed by atoms with van der Waals surface area (Å²) in [5.41, 5.74) is 10.9. The highest BCUT2D eigenvalue weighted by Crippen LogP contribution is 2.22. The Morgan fingerprint density at radius 3 is 2.28 bits per heavy atom. The smallest absolute Gasteiger partial charge is 0.154 e. The lowest BCUT2D eigenvalue weighted by molar-refractivity contribution is 0.306. The first-order valence-corrected chi connectivity index (χ1v) is 12.0. The Kier molecular flexibility index (Phi) is 7.19. The second-order valence-electron chi connectivity index (χ2n) is 8.54. The fourth-order valence-electron chi connectivity index (χ4n) is 3.90. The molecule has 0 atom stereocenters. The highest BCUT2D eigenvalue weighted by Gasteiger charge is 2.06. The molecule has 0 saturated carbocycles. The summed E-state index contributed by atoms with van der Waals surface area (Å²) in [4.78, 5) is 9.52. The molecule has 0 aliphatic rings. The molecule has 0 spiro atoms. The molecule has 0 fully saturated rings. The number of aromatic nitrogens is 2. The zero-order chi connectivity index (χ0) is 24.6. The average molecular weight is 473 g/mol. The number of hydrogen-bond acceptors (Lipinski definition) is 5. The Morgan fingerprint density at radius 1 is 0.722 bits per heavy atom. The second-order valence-corrected chi connectivity index (χ2v) is 8.54. The predicted octanol–water partition coefficient (Wildman–Crippen LogP) is 6.62. The van der Waals surface area contributed by atoms with E-state index in [0.29, 0.717) is 12.4 Å². The average Bonchev–Trinajstić information content (AvgIpc) is 2.93. The lowest BCUT2D eigenvalue weighted by Gasteiger charge is -2.10. The van der Waals surface area contributed by atoms with Crippen molar-refractivity contribution >= 4 is 34.6 Å². The van der Waals surface area contributed by atoms with E-state index in [1.165, 1.54) is 5.56 Å². The minimum atomic E-state index is 0.551. The summed E-state index contributed by atoms with van der Waals surface area (Å²) in [6, 6.07) is 34.2. The van der Waals surface area contributed by atoms with Gasteiger partial charge in [0.05, 0.1) is 5.52 Å². The van der Waals surface area contributed by atoms with Gasteiger partial charge in [-0.3, -0.25) is 0 Å². The molecule has 1 aromatic heterocycles. The molecule has 5 rings (SSSR count). The molecule has 0 saturated heterocycles. The number of rotatable bonds is 9. The SMILES string of the molecule is Nc1ccc(CCNc2nc(C=Cc3ccc(OCc4ccccc4)cc3)nc3ccccc23)cc1. The summed E-state index contributed by atoms with van der Waals surface area (Å²) in [5.74, 6) is 2.33. The highest BCUT2D eigenvalue weighted by atomic mass is 16.5. The van der Waals surface area contributed by atoms with E-state index in [2.05, 4.69) is 29.6 Å². The molecule has 0 amide bonds. The molecule has 3 N–H and O–H groups in total. The van der Waals surface area contributed by atoms with Crippen LogP contribution in [0.5, 0.6) is 5.75 Å². The van der Waals surface area contributed by atoms with Crippen molar-refractivity contribution in [3.05, 3.63) is 126 Å². The number of anilines is 2. The van der Waals surface area contributed by atoms with E-state index in [4.69, 9.17) is 20.4 Å². The summed E-state index contributed by atoms with van der Waals surface area (Å²) in [6.07, 6.45) is 4.84. The van der Waals surface area contributed by atoms with Crippen molar-refractivity contribution in [3.8, 4) is 5.75 Å². The number of hydrogen-bond donors (Lipinski definition) is 2. The van der Waals surface area contributed by atoms with Crippen LogP contribution in [0, 0.1) is 0 Å². The summed E-state index contributed by atoms with van der Waals surface area (Å²) in [6.45, 7) is 1.31. The lowest BCUT2D eigenvalue weighted by atomic mass is 10.1. The van der Waals surface area contributed by atoms with Gasteiger partial charge < -0.3 is 15.8 Å². The summed E-state index contributed by atoms with van der Waals surface area (Å²) < 4.78 is 5.89. The van der Waals surface area contributed by atoms with Crippen molar-refractivity contribution in [1.82, 2.24) is 9.97 Å². The van der Waals surface area contributed by atoms with E-state index < -0.39 is 0 Å². The number of para-hydroxylation sites is 1. The first kappa shape index (κ1) is 23.1. The third-order valence-electron chi connectivity index (χ3n) is 5.86. The van der Waals surface area contributed by atoms with Gasteiger partial charge in [0.15, 0.2) is 5.82 Å². The molecule has 178 valence electrons. The molecular weight excluding hydrogens is 444 g/mol. The quantitative estimate of drug-likeness (QED) is 0.236. The van der Waals surface area contributed by atoms with E-state index in [-0.39, 0.29) is 0 Å². The third kappa shape index (κ3) is 6.07. The van der Waals surface area contributed by atoms with Crippen LogP contribution in [0.15, 0.2) is 103 Å². The van der Waals surface area contributed by atoms with E-state index in [0.717, 1.165) is 52.3 Å². The van der Waals surface area contributed by atoms with Crippen LogP contribution < -0.4 is 15.8 Å². The topological polar surface area (TPSA) is 73.1 Å². The monoisotopic (exact) mass is 472 g/mol. The number of benzene rings is 4. The van der Waals surface area contributed by atoms with Crippen molar-refractivity contribution in [2.75, 3.05) is 17.6 Å². The van der Waals surface area contributed by atoms with E-state index in [9.17, 15) is 0 Å². The largest absolute Gasteiger partial charge is 0.489 e. The first-order valence-electron chi connectivity index (χ1n) is 12.0. The maximum Gasteiger partial charge on any atom is 0.154 e. The van der Waals surface area contributed by atoms with Gasteiger partial charge in [-0.25, -0.2) is 9.97 Å². The molecule has 5 heteroatoms. The van der Waals surface area contributed by atoms with Crippen molar-refractivity contribution in [3.63, 3.8) is 0 Å². The molecule has 0 radical (unpaired) electrons. The number of nitrogens with zero attached hydrogens (tertiary/aromatic N) is 2. The first-order chi connectivity index (χ1) is 17.7. The highest BCUT2D eigenvalue weighted by molar-refractivity contribution is 5.90. The van der Waals surface area contributed by atoms with Crippen LogP contribution >= 0.6 is 0 Å². The van der Waals surface area contributed by atoms with Crippen LogP contribution in [0.25, 0.3) is 23.1 Å². The van der Waals surface area contributed by atoms with Gasteiger partial charge in [0.2, 0.25) is 0 Å². The Bertz CT molecular complexity index is 1450. The van der Waals surface area contributed by atoms with Crippen molar-refractivity contribution in [2.45, 2.75) is 13.0 Å². The minimum Gasteiger partial charge on any atom is -0.489 e. The van der Waals surface area contributed by atoms with E-state index in [1.807, 2.05) is 91.0 Å². The number of nitrogen functional groups attached to an aromatic ring is 1. The Balaban J connectivity index is 1.26. The fraction of sp³-hybridized carbons (Fsp3) is 0.0968. The molecule has 4 aromatic carbocycles. The summed E-state index contributed by atoms with van der Waals surface area (Å²) >= 11 is 0. The summed E-state index contributed by atoms with van der Waals surface area (Å²) in [7, 11) is 0. The van der Waals surface area contributed by atoms with Crippen LogP contribution in [0.1, 0.15) is 22.5 Å². The van der Waals surface area contributed by atoms with E-state index in [1.54, 1.807) is 0 Å². The molecular formula is C31H28N4O. The number of nitrogens with two attached hydrogens (primary N) is 1. The molecule has 5 aromatic rings. The Hall–Kier alpha value is -4.64. The van der Waals surface area contributed by atoms with Gasteiger partial charge in [-0.2, -0.15) is 0 Å². The zero-order valence-corrected chi connectivity index (χ0v) is 20.0. The molecule has 0 aliphatic carbocycles. The Labute approximate surface area is 211 Å². The summed E-state index contributed by atoms with van der Waals surface area (Å²) in [5, 5.41) is 4.50. The normalized spacial score (nSPS) is 11.1. The zero-order valence-electron chi connectivity index (χ0n) is 20.0. The standard InChI is InChI=1S/C31H28N4O/c32-26-15-10-24(11-16-26)20-21-33-31-28-8-4-5-9-29(28)34-30(35-31)19-14-23-12-17-27(18-13-23)36-22-25-6-2-1-3-7-25/h1-19H,20-22,32H2,(H,33,34,35). The molecule has 0 bridgehead atoms. The molecule has 0 unspecified atom stereocenters. The van der Waals surface area contributed by atoms with Gasteiger partial charge in [0, 0.05) is 17.6 Å². The van der Waals surface area contributed by atoms with Gasteiger partial charge in [0.25, 0.3) is 0 Å². The lowest BCUT2D eigenvalue weighted by Crippen LogP contribution is -2.08. The van der Waals surface area contributed by atoms with Gasteiger partial charge in [-0.15, -0.1) is 0 Å². The van der Waals surface area contributed by atoms with Gasteiger partial charge in [0.1, 0.15) is 18.2 Å². The minimum absolute atomic E-state index is 0.551. The van der Waals surface area contributed by atoms with Gasteiger partial charge in [-0.1, -0.05) is 72.8 Å². The van der Waals surface area contributed by atoms with Crippen LogP contribution in [-0.2, 0) is 13.0 Å². The van der Waals surface area contributed by atoms with E-state index >= 15 is 0 Å².